The van der Waals surface area contributed by atoms with Gasteiger partial charge in [-0.15, -0.1) is 11.8 Å². The van der Waals surface area contributed by atoms with E-state index in [2.05, 4.69) is 16.0 Å². The number of carbonyl (C=O) groups excluding carboxylic acids is 5. The number of hydrogen-bond acceptors (Lipinski definition) is 12. The first-order valence-electron chi connectivity index (χ1n) is 15.3. The van der Waals surface area contributed by atoms with E-state index in [1.54, 1.807) is 30.3 Å². The number of esters is 2. The second-order valence-electron chi connectivity index (χ2n) is 10.3. The van der Waals surface area contributed by atoms with Crippen LogP contribution >= 0.6 is 11.8 Å². The number of nitrogens with zero attached hydrogens (tertiary/aromatic N) is 2. The van der Waals surface area contributed by atoms with Crippen molar-refractivity contribution in [1.82, 2.24) is 16.0 Å². The van der Waals surface area contributed by atoms with E-state index in [1.165, 1.54) is 0 Å². The number of benzene rings is 2. The second kappa shape index (κ2) is 20.9. The number of rotatable bonds is 21. The number of non-ortho nitro benzene ring substituents is 1. The molecule has 0 heterocycles. The van der Waals surface area contributed by atoms with Gasteiger partial charge < -0.3 is 25.4 Å². The highest BCUT2D eigenvalue weighted by molar-refractivity contribution is 7.99. The monoisotopic (exact) mass is 689 g/mol. The predicted octanol–water partition coefficient (Wildman–Crippen LogP) is 3.46. The van der Waals surface area contributed by atoms with Gasteiger partial charge in [0.1, 0.15) is 18.6 Å². The first-order valence-corrected chi connectivity index (χ1v) is 16.3. The van der Waals surface area contributed by atoms with E-state index in [1.807, 2.05) is 13.8 Å². The fraction of sp³-hybridized carbons (Fsp3) is 0.452. The molecule has 0 saturated carbocycles. The van der Waals surface area contributed by atoms with Crippen molar-refractivity contribution in [2.45, 2.75) is 69.4 Å². The Morgan fingerprint density at radius 1 is 0.854 bits per heavy atom. The molecular weight excluding hydrogens is 650 g/mol. The Kier molecular flexibility index (Phi) is 17.1. The fourth-order valence-corrected chi connectivity index (χ4v) is 4.97. The Bertz CT molecular complexity index is 1440. The highest BCUT2D eigenvalue weighted by Gasteiger charge is 2.28. The third-order valence-corrected chi connectivity index (χ3v) is 7.76. The van der Waals surface area contributed by atoms with Gasteiger partial charge in [0, 0.05) is 23.8 Å². The van der Waals surface area contributed by atoms with Gasteiger partial charge in [-0.2, -0.15) is 0 Å². The van der Waals surface area contributed by atoms with E-state index in [0.717, 1.165) is 42.8 Å². The number of hydrogen-bond donors (Lipinski definition) is 3. The van der Waals surface area contributed by atoms with Crippen LogP contribution in [-0.4, -0.2) is 77.1 Å². The highest BCUT2D eigenvalue weighted by atomic mass is 32.2. The minimum Gasteiger partial charge on any atom is -0.464 e. The summed E-state index contributed by atoms with van der Waals surface area (Å²) in [4.78, 5) is 84.9. The van der Waals surface area contributed by atoms with Crippen molar-refractivity contribution in [2.24, 2.45) is 0 Å². The number of nitrogens with one attached hydrogen (secondary N) is 3. The summed E-state index contributed by atoms with van der Waals surface area (Å²) in [5.41, 5.74) is -0.786. The van der Waals surface area contributed by atoms with E-state index >= 15 is 0 Å². The minimum atomic E-state index is -1.34. The lowest BCUT2D eigenvalue weighted by Gasteiger charge is -2.20. The van der Waals surface area contributed by atoms with Crippen LogP contribution in [0.25, 0.3) is 0 Å². The van der Waals surface area contributed by atoms with Gasteiger partial charge in [0.25, 0.3) is 17.3 Å². The Labute approximate surface area is 281 Å². The molecule has 0 radical (unpaired) electrons. The smallest absolute Gasteiger partial charge is 0.328 e. The summed E-state index contributed by atoms with van der Waals surface area (Å²) in [6, 6.07) is 8.60. The summed E-state index contributed by atoms with van der Waals surface area (Å²) in [5.74, 6) is -3.79. The van der Waals surface area contributed by atoms with Gasteiger partial charge in [-0.3, -0.25) is 39.4 Å². The quantitative estimate of drug-likeness (QED) is 0.0563. The van der Waals surface area contributed by atoms with Crippen molar-refractivity contribution in [3.63, 3.8) is 0 Å². The van der Waals surface area contributed by atoms with Crippen molar-refractivity contribution in [2.75, 3.05) is 25.5 Å². The molecule has 48 heavy (non-hydrogen) atoms. The van der Waals surface area contributed by atoms with Crippen molar-refractivity contribution >= 4 is 52.8 Å². The number of carbonyl (C=O) groups is 5. The largest absolute Gasteiger partial charge is 0.464 e. The first-order chi connectivity index (χ1) is 23.0. The van der Waals surface area contributed by atoms with E-state index in [-0.39, 0.29) is 42.3 Å². The molecule has 2 aromatic rings. The Hall–Kier alpha value is -5.06. The molecule has 0 spiro atoms. The van der Waals surface area contributed by atoms with E-state index in [0.29, 0.717) is 12.8 Å². The first kappa shape index (κ1) is 39.1. The van der Waals surface area contributed by atoms with Crippen LogP contribution in [-0.2, 0) is 28.7 Å². The van der Waals surface area contributed by atoms with Gasteiger partial charge >= 0.3 is 11.9 Å². The predicted molar refractivity (Wildman–Crippen MR) is 174 cm³/mol. The zero-order chi connectivity index (χ0) is 35.5. The van der Waals surface area contributed by atoms with Gasteiger partial charge in [0.05, 0.1) is 34.0 Å². The zero-order valence-corrected chi connectivity index (χ0v) is 27.5. The molecule has 0 bridgehead atoms. The summed E-state index contributed by atoms with van der Waals surface area (Å²) in [6.45, 7) is 3.59. The van der Waals surface area contributed by atoms with Crippen LogP contribution in [0.3, 0.4) is 0 Å². The zero-order valence-electron chi connectivity index (χ0n) is 26.6. The summed E-state index contributed by atoms with van der Waals surface area (Å²) in [7, 11) is 0. The number of ether oxygens (including phenoxy) is 2. The SMILES string of the molecule is CCCCOC(=O)CNC(=O)C(CSc1ccc([N+](=O)[O-])cc1[N+](=O)[O-])NC(=O)CCC(NC(=O)c1ccccc1)C(=O)OCCCC. The normalized spacial score (nSPS) is 11.8. The maximum absolute atomic E-state index is 13.1. The molecule has 0 aromatic heterocycles. The van der Waals surface area contributed by atoms with Crippen LogP contribution in [0.15, 0.2) is 53.4 Å². The molecule has 16 nitrogen and oxygen atoms in total. The van der Waals surface area contributed by atoms with Gasteiger partial charge in [-0.25, -0.2) is 4.79 Å². The van der Waals surface area contributed by atoms with Gasteiger partial charge in [-0.1, -0.05) is 44.9 Å². The molecular formula is C31H39N5O11S. The summed E-state index contributed by atoms with van der Waals surface area (Å²) in [6.07, 6.45) is 2.24. The van der Waals surface area contributed by atoms with Crippen molar-refractivity contribution < 1.29 is 43.3 Å². The average Bonchev–Trinajstić information content (AvgIpc) is 3.07. The molecule has 3 N–H and O–H groups in total. The lowest BCUT2D eigenvalue weighted by atomic mass is 10.1. The number of unbranched alkanes of at least 4 members (excludes halogenated alkanes) is 2. The minimum absolute atomic E-state index is 0.00450. The molecule has 2 rings (SSSR count). The van der Waals surface area contributed by atoms with Crippen LogP contribution in [0.1, 0.15) is 62.7 Å². The topological polar surface area (TPSA) is 226 Å². The maximum Gasteiger partial charge on any atom is 0.328 e. The lowest BCUT2D eigenvalue weighted by molar-refractivity contribution is -0.396. The van der Waals surface area contributed by atoms with E-state index < -0.39 is 69.5 Å². The number of nitro benzene ring substituents is 2. The molecule has 0 aliphatic rings. The molecule has 0 aliphatic carbocycles. The Balaban J connectivity index is 2.18. The standard InChI is InChI=1S/C31H39N5O11S/c1-3-5-16-46-28(38)19-32-30(40)24(20-48-26-14-12-22(35(42)43)18-25(26)36(44)45)33-27(37)15-13-23(31(41)47-17-6-4-2)34-29(39)21-10-8-7-9-11-21/h7-12,14,18,23-24H,3-6,13,15-17,19-20H2,1-2H3,(H,32,40)(H,33,37)(H,34,39). The molecule has 3 amide bonds. The third kappa shape index (κ3) is 13.7. The highest BCUT2D eigenvalue weighted by Crippen LogP contribution is 2.32. The van der Waals surface area contributed by atoms with Crippen LogP contribution in [0.2, 0.25) is 0 Å². The third-order valence-electron chi connectivity index (χ3n) is 6.60. The maximum atomic E-state index is 13.1. The summed E-state index contributed by atoms with van der Waals surface area (Å²) >= 11 is 0.785. The molecule has 2 atom stereocenters. The van der Waals surface area contributed by atoms with Gasteiger partial charge in [0.2, 0.25) is 11.8 Å². The molecule has 0 fully saturated rings. The Morgan fingerprint density at radius 3 is 2.15 bits per heavy atom. The van der Waals surface area contributed by atoms with Crippen LogP contribution in [0.4, 0.5) is 11.4 Å². The summed E-state index contributed by atoms with van der Waals surface area (Å²) < 4.78 is 10.3. The van der Waals surface area contributed by atoms with Gasteiger partial charge in [-0.05, 0) is 37.5 Å². The molecule has 0 saturated heterocycles. The molecule has 0 aliphatic heterocycles. The average molecular weight is 690 g/mol. The lowest BCUT2D eigenvalue weighted by Crippen LogP contribution is -2.50. The van der Waals surface area contributed by atoms with E-state index in [9.17, 15) is 44.2 Å². The molecule has 2 aromatic carbocycles. The second-order valence-corrected chi connectivity index (χ2v) is 11.4. The van der Waals surface area contributed by atoms with Crippen LogP contribution in [0.5, 0.6) is 0 Å². The van der Waals surface area contributed by atoms with Gasteiger partial charge in [0.15, 0.2) is 0 Å². The van der Waals surface area contributed by atoms with Crippen LogP contribution < -0.4 is 16.0 Å². The Morgan fingerprint density at radius 2 is 1.52 bits per heavy atom. The molecule has 260 valence electrons. The van der Waals surface area contributed by atoms with E-state index in [4.69, 9.17) is 9.47 Å². The summed E-state index contributed by atoms with van der Waals surface area (Å²) in [5, 5.41) is 30.2. The van der Waals surface area contributed by atoms with Crippen molar-refractivity contribution in [3.05, 3.63) is 74.3 Å². The number of thioether (sulfide) groups is 1. The van der Waals surface area contributed by atoms with Crippen LogP contribution in [0, 0.1) is 20.2 Å². The van der Waals surface area contributed by atoms with Crippen molar-refractivity contribution in [3.8, 4) is 0 Å². The number of amides is 3. The fourth-order valence-electron chi connectivity index (χ4n) is 3.94. The molecule has 2 unspecified atom stereocenters. The number of nitro groups is 2. The van der Waals surface area contributed by atoms with Crippen molar-refractivity contribution in [1.29, 1.82) is 0 Å². The molecule has 17 heteroatoms.